The van der Waals surface area contributed by atoms with Crippen molar-refractivity contribution in [3.8, 4) is 0 Å². The van der Waals surface area contributed by atoms with Crippen molar-refractivity contribution in [3.63, 3.8) is 0 Å². The summed E-state index contributed by atoms with van der Waals surface area (Å²) in [6.07, 6.45) is 0. The zero-order chi connectivity index (χ0) is 4.99. The van der Waals surface area contributed by atoms with Gasteiger partial charge in [0.05, 0.1) is 0 Å². The van der Waals surface area contributed by atoms with Crippen LogP contribution in [0.3, 0.4) is 0 Å². The van der Waals surface area contributed by atoms with Gasteiger partial charge in [0.15, 0.2) is 0 Å². The Bertz CT molecular complexity index is 55.7. The monoisotopic (exact) mass is 171 g/mol. The molecule has 0 amide bonds. The predicted octanol–water partition coefficient (Wildman–Crippen LogP) is -2.42. The number of hydrogen-bond donors (Lipinski definition) is 0. The molecular formula is C4H8NORb. The molecule has 0 aromatic carbocycles. The van der Waals surface area contributed by atoms with Crippen LogP contribution in [-0.2, 0) is 4.79 Å². The van der Waals surface area contributed by atoms with Crippen LogP contribution in [-0.4, -0.2) is 19.4 Å². The molecule has 2 nitrogen and oxygen atoms in total. The maximum atomic E-state index is 9.95. The van der Waals surface area contributed by atoms with Gasteiger partial charge in [-0.05, 0) is 6.92 Å². The Morgan fingerprint density at radius 2 is 2.14 bits per heavy atom. The molecule has 36 valence electrons. The molecule has 0 rings (SSSR count). The summed E-state index contributed by atoms with van der Waals surface area (Å²) in [5.74, 6) is 0.123. The second-order valence-electron chi connectivity index (χ2n) is 1.18. The number of likely N-dealkylation sites (N-methyl/N-ethyl adjacent to an activating group) is 1. The topological polar surface area (TPSA) is 31.2 Å². The molecule has 0 aliphatic heterocycles. The second kappa shape index (κ2) is 7.44. The molecule has 0 bridgehead atoms. The molecule has 0 aromatic heterocycles. The van der Waals surface area contributed by atoms with Crippen molar-refractivity contribution in [1.29, 1.82) is 0 Å². The van der Waals surface area contributed by atoms with E-state index in [2.05, 4.69) is 5.32 Å². The van der Waals surface area contributed by atoms with Crippen LogP contribution in [0.1, 0.15) is 6.92 Å². The SMILES string of the molecule is C[N-]CC(C)=O.[Rb+]. The Morgan fingerprint density at radius 1 is 1.71 bits per heavy atom. The number of carbonyl (C=O) groups is 1. The normalized spacial score (nSPS) is 7.14. The van der Waals surface area contributed by atoms with E-state index in [0.717, 1.165) is 0 Å². The van der Waals surface area contributed by atoms with Crippen molar-refractivity contribution >= 4 is 5.78 Å². The molecule has 0 heterocycles. The Morgan fingerprint density at radius 3 is 2.14 bits per heavy atom. The Balaban J connectivity index is 0. The van der Waals surface area contributed by atoms with Crippen molar-refractivity contribution in [2.24, 2.45) is 0 Å². The number of rotatable bonds is 2. The van der Waals surface area contributed by atoms with Gasteiger partial charge in [0, 0.05) is 0 Å². The minimum absolute atomic E-state index is 0. The van der Waals surface area contributed by atoms with Crippen molar-refractivity contribution in [2.75, 3.05) is 13.6 Å². The van der Waals surface area contributed by atoms with Crippen molar-refractivity contribution < 1.29 is 63.0 Å². The van der Waals surface area contributed by atoms with Crippen LogP contribution < -0.4 is 58.2 Å². The number of nitrogens with zero attached hydrogens (tertiary/aromatic N) is 1. The van der Waals surface area contributed by atoms with Gasteiger partial charge in [-0.15, -0.1) is 0 Å². The Hall–Kier alpha value is 1.44. The largest absolute Gasteiger partial charge is 1.00 e. The molecule has 0 unspecified atom stereocenters. The molecule has 0 radical (unpaired) electrons. The molecule has 0 aliphatic rings. The molecule has 0 N–H and O–H groups in total. The molecular weight excluding hydrogens is 164 g/mol. The Labute approximate surface area is 92.8 Å². The molecule has 0 spiro atoms. The fraction of sp³-hybridized carbons (Fsp3) is 0.750. The van der Waals surface area contributed by atoms with Crippen molar-refractivity contribution in [3.05, 3.63) is 5.32 Å². The van der Waals surface area contributed by atoms with Crippen LogP contribution in [0.5, 0.6) is 0 Å². The maximum absolute atomic E-state index is 9.95. The summed E-state index contributed by atoms with van der Waals surface area (Å²) in [7, 11) is 1.63. The molecule has 3 heteroatoms. The van der Waals surface area contributed by atoms with Crippen LogP contribution in [0, 0.1) is 0 Å². The predicted molar refractivity (Wildman–Crippen MR) is 24.8 cm³/mol. The first kappa shape index (κ1) is 11.3. The summed E-state index contributed by atoms with van der Waals surface area (Å²) in [6, 6.07) is 0. The van der Waals surface area contributed by atoms with E-state index >= 15 is 0 Å². The number of hydrogen-bond acceptors (Lipinski definition) is 1. The quantitative estimate of drug-likeness (QED) is 0.455. The van der Waals surface area contributed by atoms with E-state index in [1.54, 1.807) is 7.05 Å². The van der Waals surface area contributed by atoms with E-state index in [4.69, 9.17) is 0 Å². The van der Waals surface area contributed by atoms with Crippen LogP contribution in [0.15, 0.2) is 0 Å². The van der Waals surface area contributed by atoms with Gasteiger partial charge in [-0.2, -0.15) is 7.05 Å². The minimum atomic E-state index is 0. The van der Waals surface area contributed by atoms with Crippen molar-refractivity contribution in [1.82, 2.24) is 0 Å². The van der Waals surface area contributed by atoms with E-state index in [1.807, 2.05) is 0 Å². The molecule has 0 aromatic rings. The van der Waals surface area contributed by atoms with Gasteiger partial charge >= 0.3 is 58.2 Å². The van der Waals surface area contributed by atoms with E-state index in [0.29, 0.717) is 6.54 Å². The van der Waals surface area contributed by atoms with Gasteiger partial charge in [-0.25, -0.2) is 0 Å². The van der Waals surface area contributed by atoms with Gasteiger partial charge in [-0.1, -0.05) is 6.54 Å². The van der Waals surface area contributed by atoms with Crippen LogP contribution in [0.2, 0.25) is 0 Å². The third-order valence-electron chi connectivity index (χ3n) is 0.381. The maximum Gasteiger partial charge on any atom is 1.00 e. The van der Waals surface area contributed by atoms with Gasteiger partial charge in [0.2, 0.25) is 0 Å². The fourth-order valence-electron chi connectivity index (χ4n) is 0.223. The molecule has 0 fully saturated rings. The van der Waals surface area contributed by atoms with Crippen LogP contribution >= 0.6 is 0 Å². The van der Waals surface area contributed by atoms with Gasteiger partial charge in [0.1, 0.15) is 5.78 Å². The molecule has 7 heavy (non-hydrogen) atoms. The third kappa shape index (κ3) is 11.2. The first-order valence-corrected chi connectivity index (χ1v) is 1.82. The summed E-state index contributed by atoms with van der Waals surface area (Å²) >= 11 is 0. The Kier molecular flexibility index (Phi) is 12.0. The zero-order valence-corrected chi connectivity index (χ0v) is 9.98. The average molecular weight is 172 g/mol. The van der Waals surface area contributed by atoms with E-state index in [9.17, 15) is 4.79 Å². The summed E-state index contributed by atoms with van der Waals surface area (Å²) in [6.45, 7) is 1.88. The third-order valence-corrected chi connectivity index (χ3v) is 0.381. The van der Waals surface area contributed by atoms with Gasteiger partial charge in [0.25, 0.3) is 0 Å². The first-order valence-electron chi connectivity index (χ1n) is 1.82. The minimum Gasteiger partial charge on any atom is -0.659 e. The number of carbonyl (C=O) groups excluding carboxylic acids is 1. The van der Waals surface area contributed by atoms with Gasteiger partial charge < -0.3 is 10.1 Å². The molecule has 0 aliphatic carbocycles. The summed E-state index contributed by atoms with van der Waals surface area (Å²) in [4.78, 5) is 9.95. The summed E-state index contributed by atoms with van der Waals surface area (Å²) < 4.78 is 0. The standard InChI is InChI=1S/C4H8NO.Rb/c1-4(6)3-5-2;/h3H2,1-2H3;/q-1;+1. The molecule has 0 atom stereocenters. The summed E-state index contributed by atoms with van der Waals surface area (Å²) in [5.41, 5.74) is 0. The zero-order valence-electron chi connectivity index (χ0n) is 5.06. The van der Waals surface area contributed by atoms with Crippen LogP contribution in [0.25, 0.3) is 5.32 Å². The van der Waals surface area contributed by atoms with E-state index in [-0.39, 0.29) is 64.0 Å². The first-order chi connectivity index (χ1) is 2.77. The molecule has 0 saturated heterocycles. The van der Waals surface area contributed by atoms with E-state index in [1.165, 1.54) is 6.92 Å². The second-order valence-corrected chi connectivity index (χ2v) is 1.18. The fourth-order valence-corrected chi connectivity index (χ4v) is 0.223. The molecule has 0 saturated carbocycles. The number of Topliss-reactive ketones (excluding diaryl/α,β-unsaturated/α-hetero) is 1. The van der Waals surface area contributed by atoms with Crippen LogP contribution in [0.4, 0.5) is 0 Å². The van der Waals surface area contributed by atoms with E-state index < -0.39 is 0 Å². The average Bonchev–Trinajstić information content (AvgIpc) is 1.35. The number of ketones is 1. The smallest absolute Gasteiger partial charge is 0.659 e. The van der Waals surface area contributed by atoms with Crippen molar-refractivity contribution in [2.45, 2.75) is 6.92 Å². The summed E-state index contributed by atoms with van der Waals surface area (Å²) in [5, 5.41) is 3.59. The van der Waals surface area contributed by atoms with Gasteiger partial charge in [-0.3, -0.25) is 0 Å².